The summed E-state index contributed by atoms with van der Waals surface area (Å²) >= 11 is 3.72. The lowest BCUT2D eigenvalue weighted by atomic mass is 10.1. The Hall–Kier alpha value is -2.52. The lowest BCUT2D eigenvalue weighted by Crippen LogP contribution is -2.06. The van der Waals surface area contributed by atoms with Gasteiger partial charge in [0.1, 0.15) is 18.1 Å². The van der Waals surface area contributed by atoms with E-state index in [0.717, 1.165) is 31.9 Å². The first-order valence-electron chi connectivity index (χ1n) is 9.22. The molecule has 154 valence electrons. The van der Waals surface area contributed by atoms with Crippen LogP contribution in [0.3, 0.4) is 0 Å². The topological polar surface area (TPSA) is 69.2 Å². The van der Waals surface area contributed by atoms with Crippen LogP contribution in [0.4, 0.5) is 0 Å². The van der Waals surface area contributed by atoms with Gasteiger partial charge in [-0.1, -0.05) is 42.1 Å². The predicted molar refractivity (Wildman–Crippen MR) is 133 cm³/mol. The van der Waals surface area contributed by atoms with E-state index in [1.165, 1.54) is 17.3 Å². The molecule has 2 N–H and O–H groups in total. The van der Waals surface area contributed by atoms with Gasteiger partial charge in [-0.25, -0.2) is 0 Å². The molecule has 30 heavy (non-hydrogen) atoms. The van der Waals surface area contributed by atoms with Gasteiger partial charge >= 0.3 is 0 Å². The van der Waals surface area contributed by atoms with Crippen LogP contribution in [0.25, 0.3) is 0 Å². The Balaban J connectivity index is 1.61. The van der Waals surface area contributed by atoms with Gasteiger partial charge in [-0.15, -0.1) is 5.10 Å². The third-order valence-corrected chi connectivity index (χ3v) is 5.68. The van der Waals surface area contributed by atoms with Crippen LogP contribution in [-0.4, -0.2) is 18.5 Å². The van der Waals surface area contributed by atoms with Crippen LogP contribution in [-0.2, 0) is 12.4 Å². The second-order valence-corrected chi connectivity index (χ2v) is 8.51. The second-order valence-electron chi connectivity index (χ2n) is 6.27. The highest BCUT2D eigenvalue weighted by Gasteiger charge is 2.05. The van der Waals surface area contributed by atoms with Crippen molar-refractivity contribution < 1.29 is 9.47 Å². The van der Waals surface area contributed by atoms with Crippen LogP contribution in [0, 0.1) is 3.57 Å². The summed E-state index contributed by atoms with van der Waals surface area (Å²) in [7, 11) is 1.65. The number of methoxy groups -OCH3 is 1. The van der Waals surface area contributed by atoms with Crippen molar-refractivity contribution in [2.45, 2.75) is 12.4 Å². The molecule has 0 bridgehead atoms. The Morgan fingerprint density at radius 2 is 1.83 bits per heavy atom. The minimum absolute atomic E-state index is 0.393. The summed E-state index contributed by atoms with van der Waals surface area (Å²) in [4.78, 5) is 0. The number of hydrogen-bond acceptors (Lipinski definition) is 5. The Kier molecular flexibility index (Phi) is 8.58. The smallest absolute Gasteiger partial charge is 0.180 e. The van der Waals surface area contributed by atoms with Gasteiger partial charge < -0.3 is 15.2 Å². The molecule has 0 saturated carbocycles. The Morgan fingerprint density at radius 1 is 1.07 bits per heavy atom. The molecule has 0 fully saturated rings. The largest absolute Gasteiger partial charge is 0.496 e. The van der Waals surface area contributed by atoms with Crippen LogP contribution in [0.5, 0.6) is 11.5 Å². The molecule has 0 aliphatic heterocycles. The average molecular weight is 531 g/mol. The molecular formula is C23H22IN3O2S. The first-order chi connectivity index (χ1) is 14.6. The molecule has 0 atom stereocenters. The van der Waals surface area contributed by atoms with E-state index >= 15 is 0 Å². The number of hydrogen-bond donors (Lipinski definition) is 1. The monoisotopic (exact) mass is 531 g/mol. The number of nitrogens with zero attached hydrogens (tertiary/aromatic N) is 2. The van der Waals surface area contributed by atoms with Crippen molar-refractivity contribution in [2.75, 3.05) is 7.11 Å². The minimum atomic E-state index is 0.393. The van der Waals surface area contributed by atoms with Crippen molar-refractivity contribution in [2.24, 2.45) is 15.9 Å². The maximum atomic E-state index is 5.94. The normalized spacial score (nSPS) is 11.6. The molecule has 0 saturated heterocycles. The molecule has 0 amide bonds. The fraction of sp³-hybridized carbons (Fsp3) is 0.130. The Bertz CT molecular complexity index is 1010. The zero-order chi connectivity index (χ0) is 21.2. The highest BCUT2D eigenvalue weighted by atomic mass is 127. The molecule has 0 unspecified atom stereocenters. The molecule has 0 aliphatic rings. The van der Waals surface area contributed by atoms with Crippen molar-refractivity contribution in [3.05, 3.63) is 93.1 Å². The summed E-state index contributed by atoms with van der Waals surface area (Å²) < 4.78 is 12.5. The average Bonchev–Trinajstić information content (AvgIpc) is 2.78. The number of ether oxygens (including phenoxy) is 2. The quantitative estimate of drug-likeness (QED) is 0.181. The maximum Gasteiger partial charge on any atom is 0.180 e. The third kappa shape index (κ3) is 7.07. The molecule has 3 rings (SSSR count). The fourth-order valence-corrected chi connectivity index (χ4v) is 3.57. The van der Waals surface area contributed by atoms with E-state index in [1.807, 2.05) is 60.7 Å². The van der Waals surface area contributed by atoms with Crippen LogP contribution < -0.4 is 15.2 Å². The number of rotatable bonds is 8. The third-order valence-electron chi connectivity index (χ3n) is 4.11. The summed E-state index contributed by atoms with van der Waals surface area (Å²) in [5.41, 5.74) is 8.95. The lowest BCUT2D eigenvalue weighted by molar-refractivity contribution is 0.296. The van der Waals surface area contributed by atoms with Crippen LogP contribution >= 0.6 is 34.4 Å². The van der Waals surface area contributed by atoms with Gasteiger partial charge in [0.2, 0.25) is 0 Å². The number of benzene rings is 3. The highest BCUT2D eigenvalue weighted by molar-refractivity contribution is 14.1. The van der Waals surface area contributed by atoms with Crippen molar-refractivity contribution in [1.82, 2.24) is 0 Å². The van der Waals surface area contributed by atoms with Crippen molar-refractivity contribution in [1.29, 1.82) is 0 Å². The van der Waals surface area contributed by atoms with Crippen LogP contribution in [0.1, 0.15) is 16.7 Å². The van der Waals surface area contributed by atoms with Gasteiger partial charge in [-0.3, -0.25) is 0 Å². The van der Waals surface area contributed by atoms with E-state index in [-0.39, 0.29) is 0 Å². The zero-order valence-electron chi connectivity index (χ0n) is 16.5. The second kappa shape index (κ2) is 11.6. The Morgan fingerprint density at radius 3 is 2.57 bits per heavy atom. The van der Waals surface area contributed by atoms with Crippen molar-refractivity contribution in [3.8, 4) is 11.5 Å². The summed E-state index contributed by atoms with van der Waals surface area (Å²) in [5, 5.41) is 8.61. The number of nitrogens with two attached hydrogens (primary N) is 1. The summed E-state index contributed by atoms with van der Waals surface area (Å²) in [5.74, 6) is 2.33. The summed E-state index contributed by atoms with van der Waals surface area (Å²) in [6.07, 6.45) is 1.67. The number of halogens is 1. The van der Waals surface area contributed by atoms with E-state index in [0.29, 0.717) is 11.8 Å². The standard InChI is InChI=1S/C23H22IN3O2S/c1-28-22-12-7-18(13-19(22)15-29-21-10-8-20(24)9-11-21)14-26-27-23(25)30-16-17-5-3-2-4-6-17/h2-14H,15-16H2,1H3,(H2,25,27). The van der Waals surface area contributed by atoms with Gasteiger partial charge in [-0.2, -0.15) is 5.10 Å². The lowest BCUT2D eigenvalue weighted by Gasteiger charge is -2.11. The molecule has 0 radical (unpaired) electrons. The Labute approximate surface area is 194 Å². The summed E-state index contributed by atoms with van der Waals surface area (Å²) in [6, 6.07) is 23.8. The van der Waals surface area contributed by atoms with Crippen molar-refractivity contribution >= 4 is 45.7 Å². The maximum absolute atomic E-state index is 5.94. The SMILES string of the molecule is COc1ccc(C=NN=C(N)SCc2ccccc2)cc1COc1ccc(I)cc1. The highest BCUT2D eigenvalue weighted by Crippen LogP contribution is 2.22. The van der Waals surface area contributed by atoms with Gasteiger partial charge in [-0.05, 0) is 76.2 Å². The first-order valence-corrected chi connectivity index (χ1v) is 11.3. The molecule has 0 heterocycles. The van der Waals surface area contributed by atoms with Crippen LogP contribution in [0.15, 0.2) is 83.0 Å². The van der Waals surface area contributed by atoms with E-state index in [4.69, 9.17) is 15.2 Å². The molecule has 5 nitrogen and oxygen atoms in total. The van der Waals surface area contributed by atoms with E-state index in [2.05, 4.69) is 44.9 Å². The minimum Gasteiger partial charge on any atom is -0.496 e. The van der Waals surface area contributed by atoms with Gasteiger partial charge in [0.05, 0.1) is 13.3 Å². The molecule has 3 aromatic rings. The molecule has 3 aromatic carbocycles. The number of thioether (sulfide) groups is 1. The van der Waals surface area contributed by atoms with Crippen molar-refractivity contribution in [3.63, 3.8) is 0 Å². The fourth-order valence-electron chi connectivity index (χ4n) is 2.60. The number of amidine groups is 1. The van der Waals surface area contributed by atoms with Gasteiger partial charge in [0.15, 0.2) is 5.17 Å². The molecule has 0 spiro atoms. The van der Waals surface area contributed by atoms with E-state index in [1.54, 1.807) is 13.3 Å². The van der Waals surface area contributed by atoms with Gasteiger partial charge in [0, 0.05) is 14.9 Å². The van der Waals surface area contributed by atoms with E-state index < -0.39 is 0 Å². The van der Waals surface area contributed by atoms with Gasteiger partial charge in [0.25, 0.3) is 0 Å². The molecule has 7 heteroatoms. The first kappa shape index (κ1) is 22.2. The zero-order valence-corrected chi connectivity index (χ0v) is 19.5. The predicted octanol–water partition coefficient (Wildman–Crippen LogP) is 5.46. The molecule has 0 aliphatic carbocycles. The molecular weight excluding hydrogens is 509 g/mol. The van der Waals surface area contributed by atoms with Crippen LogP contribution in [0.2, 0.25) is 0 Å². The summed E-state index contributed by atoms with van der Waals surface area (Å²) in [6.45, 7) is 0.393. The van der Waals surface area contributed by atoms with E-state index in [9.17, 15) is 0 Å². The molecule has 0 aromatic heterocycles.